The standard InChI is InChI=1S/C18H15F4N5O/c19-12-3-1-10(2-4-12)14(28)11-5-7-27(8-6-11)16-13-15(24-9-23-13)25-17(26-16)18(20,21)22/h1-4,9,11H,5-8H2,(H,23,24,25,26). The predicted octanol–water partition coefficient (Wildman–Crippen LogP) is 3.61. The zero-order chi connectivity index (χ0) is 19.9. The van der Waals surface area contributed by atoms with E-state index < -0.39 is 17.8 Å². The maximum Gasteiger partial charge on any atom is 0.451 e. The van der Waals surface area contributed by atoms with E-state index in [1.54, 1.807) is 4.90 Å². The molecule has 4 rings (SSSR count). The normalized spacial score (nSPS) is 15.9. The third-order valence-corrected chi connectivity index (χ3v) is 4.81. The van der Waals surface area contributed by atoms with Gasteiger partial charge in [-0.25, -0.2) is 19.3 Å². The van der Waals surface area contributed by atoms with Crippen LogP contribution < -0.4 is 4.90 Å². The van der Waals surface area contributed by atoms with Crippen LogP contribution in [0, 0.1) is 11.7 Å². The lowest BCUT2D eigenvalue weighted by Crippen LogP contribution is -2.37. The molecular weight excluding hydrogens is 378 g/mol. The molecule has 0 unspecified atom stereocenters. The topological polar surface area (TPSA) is 74.8 Å². The zero-order valence-corrected chi connectivity index (χ0v) is 14.5. The fraction of sp³-hybridized carbons (Fsp3) is 0.333. The molecule has 0 spiro atoms. The minimum absolute atomic E-state index is 0.0539. The van der Waals surface area contributed by atoms with Gasteiger partial charge in [-0.3, -0.25) is 4.79 Å². The maximum atomic E-state index is 13.1. The number of fused-ring (bicyclic) bond motifs is 1. The number of anilines is 1. The van der Waals surface area contributed by atoms with Gasteiger partial charge in [0.05, 0.1) is 6.33 Å². The van der Waals surface area contributed by atoms with E-state index in [9.17, 15) is 22.4 Å². The molecule has 0 bridgehead atoms. The second-order valence-corrected chi connectivity index (χ2v) is 6.60. The van der Waals surface area contributed by atoms with Crippen molar-refractivity contribution in [2.75, 3.05) is 18.0 Å². The van der Waals surface area contributed by atoms with Gasteiger partial charge in [-0.1, -0.05) is 0 Å². The van der Waals surface area contributed by atoms with Crippen molar-refractivity contribution < 1.29 is 22.4 Å². The third kappa shape index (κ3) is 3.41. The Balaban J connectivity index is 1.54. The third-order valence-electron chi connectivity index (χ3n) is 4.81. The Labute approximate surface area is 156 Å². The van der Waals surface area contributed by atoms with Crippen LogP contribution in [0.5, 0.6) is 0 Å². The van der Waals surface area contributed by atoms with Crippen molar-refractivity contribution >= 4 is 22.8 Å². The van der Waals surface area contributed by atoms with Crippen LogP contribution in [0.25, 0.3) is 11.2 Å². The van der Waals surface area contributed by atoms with Crippen molar-refractivity contribution in [3.8, 4) is 0 Å². The van der Waals surface area contributed by atoms with Crippen LogP contribution >= 0.6 is 0 Å². The summed E-state index contributed by atoms with van der Waals surface area (Å²) in [5.41, 5.74) is 0.704. The lowest BCUT2D eigenvalue weighted by molar-refractivity contribution is -0.144. The number of aromatic amines is 1. The van der Waals surface area contributed by atoms with Crippen LogP contribution in [-0.4, -0.2) is 38.8 Å². The number of nitrogens with zero attached hydrogens (tertiary/aromatic N) is 4. The van der Waals surface area contributed by atoms with Crippen LogP contribution in [0.4, 0.5) is 23.4 Å². The van der Waals surface area contributed by atoms with Crippen molar-refractivity contribution in [1.29, 1.82) is 0 Å². The molecule has 0 radical (unpaired) electrons. The number of imidazole rings is 1. The van der Waals surface area contributed by atoms with E-state index in [-0.39, 0.29) is 23.2 Å². The Hall–Kier alpha value is -3.04. The van der Waals surface area contributed by atoms with Crippen LogP contribution in [0.3, 0.4) is 0 Å². The van der Waals surface area contributed by atoms with E-state index in [0.717, 1.165) is 0 Å². The first-order valence-electron chi connectivity index (χ1n) is 8.66. The first kappa shape index (κ1) is 18.3. The molecule has 28 heavy (non-hydrogen) atoms. The van der Waals surface area contributed by atoms with E-state index in [0.29, 0.717) is 37.0 Å². The Kier molecular flexibility index (Phi) is 4.48. The van der Waals surface area contributed by atoms with E-state index in [1.165, 1.54) is 30.6 Å². The van der Waals surface area contributed by atoms with Crippen LogP contribution in [-0.2, 0) is 6.18 Å². The monoisotopic (exact) mass is 393 g/mol. The number of Topliss-reactive ketones (excluding diaryl/α,β-unsaturated/α-hetero) is 1. The summed E-state index contributed by atoms with van der Waals surface area (Å²) in [7, 11) is 0. The van der Waals surface area contributed by atoms with Crippen LogP contribution in [0.15, 0.2) is 30.6 Å². The van der Waals surface area contributed by atoms with Crippen LogP contribution in [0.2, 0.25) is 0 Å². The van der Waals surface area contributed by atoms with Gasteiger partial charge in [0.25, 0.3) is 0 Å². The van der Waals surface area contributed by atoms with Crippen molar-refractivity contribution in [1.82, 2.24) is 19.9 Å². The van der Waals surface area contributed by atoms with Crippen molar-refractivity contribution in [3.05, 3.63) is 47.8 Å². The summed E-state index contributed by atoms with van der Waals surface area (Å²) in [5, 5.41) is 0. The number of carbonyl (C=O) groups excluding carboxylic acids is 1. The molecule has 0 saturated carbocycles. The lowest BCUT2D eigenvalue weighted by atomic mass is 9.89. The quantitative estimate of drug-likeness (QED) is 0.544. The molecule has 3 aromatic rings. The molecule has 10 heteroatoms. The van der Waals surface area contributed by atoms with Gasteiger partial charge in [0.1, 0.15) is 11.3 Å². The summed E-state index contributed by atoms with van der Waals surface area (Å²) in [4.78, 5) is 28.0. The van der Waals surface area contributed by atoms with E-state index in [2.05, 4.69) is 19.9 Å². The highest BCUT2D eigenvalue weighted by atomic mass is 19.4. The Morgan fingerprint density at radius 2 is 1.79 bits per heavy atom. The Morgan fingerprint density at radius 3 is 2.43 bits per heavy atom. The molecule has 2 aromatic heterocycles. The molecule has 0 amide bonds. The highest BCUT2D eigenvalue weighted by molar-refractivity contribution is 5.98. The molecule has 1 fully saturated rings. The number of benzene rings is 1. The number of halogens is 4. The number of alkyl halides is 3. The number of rotatable bonds is 3. The molecule has 0 atom stereocenters. The summed E-state index contributed by atoms with van der Waals surface area (Å²) in [6.07, 6.45) is -2.50. The van der Waals surface area contributed by atoms with Gasteiger partial charge in [0, 0.05) is 24.6 Å². The van der Waals surface area contributed by atoms with Gasteiger partial charge < -0.3 is 9.88 Å². The number of piperidine rings is 1. The number of ketones is 1. The molecule has 146 valence electrons. The number of H-pyrrole nitrogens is 1. The summed E-state index contributed by atoms with van der Waals surface area (Å²) >= 11 is 0. The van der Waals surface area contributed by atoms with E-state index in [4.69, 9.17) is 0 Å². The SMILES string of the molecule is O=C(c1ccc(F)cc1)C1CCN(c2nc(C(F)(F)F)nc3nc[nH]c23)CC1. The number of nitrogens with one attached hydrogen (secondary N) is 1. The zero-order valence-electron chi connectivity index (χ0n) is 14.5. The lowest BCUT2D eigenvalue weighted by Gasteiger charge is -2.32. The van der Waals surface area contributed by atoms with Gasteiger partial charge in [-0.05, 0) is 37.1 Å². The summed E-state index contributed by atoms with van der Waals surface area (Å²) < 4.78 is 52.3. The van der Waals surface area contributed by atoms with Gasteiger partial charge in [-0.15, -0.1) is 0 Å². The Bertz CT molecular complexity index is 1010. The van der Waals surface area contributed by atoms with E-state index in [1.807, 2.05) is 0 Å². The largest absolute Gasteiger partial charge is 0.451 e. The van der Waals surface area contributed by atoms with Gasteiger partial charge in [0.15, 0.2) is 17.2 Å². The highest BCUT2D eigenvalue weighted by Gasteiger charge is 2.37. The Morgan fingerprint density at radius 1 is 1.11 bits per heavy atom. The molecule has 1 aliphatic heterocycles. The van der Waals surface area contributed by atoms with Gasteiger partial charge >= 0.3 is 6.18 Å². The molecule has 1 aliphatic rings. The molecule has 3 heterocycles. The highest BCUT2D eigenvalue weighted by Crippen LogP contribution is 2.32. The molecule has 1 saturated heterocycles. The first-order chi connectivity index (χ1) is 13.3. The number of hydrogen-bond acceptors (Lipinski definition) is 5. The molecule has 0 aliphatic carbocycles. The minimum Gasteiger partial charge on any atom is -0.355 e. The van der Waals surface area contributed by atoms with Crippen molar-refractivity contribution in [3.63, 3.8) is 0 Å². The number of hydrogen-bond donors (Lipinski definition) is 1. The van der Waals surface area contributed by atoms with E-state index >= 15 is 0 Å². The fourth-order valence-electron chi connectivity index (χ4n) is 3.38. The van der Waals surface area contributed by atoms with Gasteiger partial charge in [0.2, 0.25) is 5.82 Å². The summed E-state index contributed by atoms with van der Waals surface area (Å²) in [6, 6.07) is 5.35. The summed E-state index contributed by atoms with van der Waals surface area (Å²) in [5.74, 6) is -1.90. The second-order valence-electron chi connectivity index (χ2n) is 6.60. The van der Waals surface area contributed by atoms with Crippen molar-refractivity contribution in [2.45, 2.75) is 19.0 Å². The second kappa shape index (κ2) is 6.84. The average molecular weight is 393 g/mol. The molecule has 1 N–H and O–H groups in total. The number of aromatic nitrogens is 4. The summed E-state index contributed by atoms with van der Waals surface area (Å²) in [6.45, 7) is 0.722. The maximum absolute atomic E-state index is 13.1. The first-order valence-corrected chi connectivity index (χ1v) is 8.66. The fourth-order valence-corrected chi connectivity index (χ4v) is 3.38. The van der Waals surface area contributed by atoms with Gasteiger partial charge in [-0.2, -0.15) is 13.2 Å². The number of carbonyl (C=O) groups is 1. The molecule has 1 aromatic carbocycles. The molecule has 6 nitrogen and oxygen atoms in total. The molecular formula is C18H15F4N5O. The minimum atomic E-state index is -4.68. The smallest absolute Gasteiger partial charge is 0.355 e. The van der Waals surface area contributed by atoms with Crippen molar-refractivity contribution in [2.24, 2.45) is 5.92 Å². The average Bonchev–Trinajstić information content (AvgIpc) is 3.15. The predicted molar refractivity (Wildman–Crippen MR) is 92.4 cm³/mol. The van der Waals surface area contributed by atoms with Crippen LogP contribution in [0.1, 0.15) is 29.0 Å².